The molecule has 0 saturated carbocycles. The summed E-state index contributed by atoms with van der Waals surface area (Å²) < 4.78 is 5.77. The molecule has 0 radical (unpaired) electrons. The van der Waals surface area contributed by atoms with Crippen molar-refractivity contribution in [2.45, 2.75) is 46.4 Å². The molecular formula is C23H25ClN2O2S. The van der Waals surface area contributed by atoms with E-state index in [1.54, 1.807) is 23.5 Å². The van der Waals surface area contributed by atoms with Crippen molar-refractivity contribution in [3.8, 4) is 5.75 Å². The van der Waals surface area contributed by atoms with Crippen LogP contribution in [-0.2, 0) is 13.2 Å². The lowest BCUT2D eigenvalue weighted by molar-refractivity contribution is 0.0669. The van der Waals surface area contributed by atoms with E-state index in [4.69, 9.17) is 16.3 Å². The van der Waals surface area contributed by atoms with E-state index in [2.05, 4.69) is 18.8 Å². The molecule has 3 aromatic rings. The first-order chi connectivity index (χ1) is 14.0. The smallest absolute Gasteiger partial charge is 0.254 e. The highest BCUT2D eigenvalue weighted by molar-refractivity contribution is 7.09. The number of nitrogens with zero attached hydrogens (tertiary/aromatic N) is 2. The van der Waals surface area contributed by atoms with E-state index in [-0.39, 0.29) is 11.9 Å². The number of benzene rings is 2. The van der Waals surface area contributed by atoms with Crippen molar-refractivity contribution in [1.29, 1.82) is 0 Å². The molecule has 1 aromatic heterocycles. The quantitative estimate of drug-likeness (QED) is 0.433. The van der Waals surface area contributed by atoms with Crippen LogP contribution in [0.3, 0.4) is 0 Å². The second-order valence-corrected chi connectivity index (χ2v) is 8.41. The van der Waals surface area contributed by atoms with Crippen molar-refractivity contribution >= 4 is 28.8 Å². The second-order valence-electron chi connectivity index (χ2n) is 7.03. The maximum Gasteiger partial charge on any atom is 0.254 e. The largest absolute Gasteiger partial charge is 0.486 e. The maximum absolute atomic E-state index is 13.1. The average molecular weight is 429 g/mol. The molecule has 0 aliphatic rings. The number of halogens is 1. The number of thiazole rings is 1. The number of aromatic nitrogens is 1. The molecule has 29 heavy (non-hydrogen) atoms. The number of carbonyl (C=O) groups is 1. The molecule has 152 valence electrons. The molecule has 0 unspecified atom stereocenters. The topological polar surface area (TPSA) is 42.4 Å². The summed E-state index contributed by atoms with van der Waals surface area (Å²) >= 11 is 7.44. The van der Waals surface area contributed by atoms with Crippen LogP contribution in [0.4, 0.5) is 0 Å². The van der Waals surface area contributed by atoms with Gasteiger partial charge in [-0.05, 0) is 56.7 Å². The van der Waals surface area contributed by atoms with E-state index in [1.165, 1.54) is 0 Å². The lowest BCUT2D eigenvalue weighted by Crippen LogP contribution is -2.38. The Kier molecular flexibility index (Phi) is 7.29. The molecule has 0 bridgehead atoms. The zero-order chi connectivity index (χ0) is 20.8. The Labute approximate surface area is 181 Å². The van der Waals surface area contributed by atoms with Gasteiger partial charge in [-0.3, -0.25) is 4.79 Å². The van der Waals surface area contributed by atoms with Crippen molar-refractivity contribution in [3.63, 3.8) is 0 Å². The monoisotopic (exact) mass is 428 g/mol. The van der Waals surface area contributed by atoms with Crippen LogP contribution < -0.4 is 4.74 Å². The Morgan fingerprint density at radius 3 is 2.69 bits per heavy atom. The van der Waals surface area contributed by atoms with E-state index in [0.29, 0.717) is 23.7 Å². The summed E-state index contributed by atoms with van der Waals surface area (Å²) in [4.78, 5) is 19.7. The summed E-state index contributed by atoms with van der Waals surface area (Å²) in [5.41, 5.74) is 2.67. The highest BCUT2D eigenvalue weighted by atomic mass is 35.5. The normalized spacial score (nSPS) is 11.9. The van der Waals surface area contributed by atoms with Crippen LogP contribution in [0.15, 0.2) is 53.9 Å². The molecule has 4 nitrogen and oxygen atoms in total. The van der Waals surface area contributed by atoms with Crippen molar-refractivity contribution in [2.24, 2.45) is 0 Å². The number of hydrogen-bond donors (Lipinski definition) is 0. The van der Waals surface area contributed by atoms with E-state index in [1.807, 2.05) is 53.6 Å². The molecule has 3 rings (SSSR count). The number of amides is 1. The summed E-state index contributed by atoms with van der Waals surface area (Å²) in [6.07, 6.45) is 0.883. The number of ether oxygens (including phenoxy) is 1. The minimum atomic E-state index is 0.0371. The molecular weight excluding hydrogens is 404 g/mol. The minimum Gasteiger partial charge on any atom is -0.486 e. The van der Waals surface area contributed by atoms with Gasteiger partial charge in [-0.25, -0.2) is 4.98 Å². The van der Waals surface area contributed by atoms with Gasteiger partial charge in [0, 0.05) is 22.0 Å². The fourth-order valence-electron chi connectivity index (χ4n) is 2.93. The summed E-state index contributed by atoms with van der Waals surface area (Å²) in [5.74, 6) is 0.789. The molecule has 2 aromatic carbocycles. The summed E-state index contributed by atoms with van der Waals surface area (Å²) in [6.45, 7) is 7.04. The fraction of sp³-hybridized carbons (Fsp3) is 0.304. The first kappa shape index (κ1) is 21.3. The van der Waals surface area contributed by atoms with E-state index in [9.17, 15) is 4.79 Å². The third-order valence-electron chi connectivity index (χ3n) is 4.76. The third kappa shape index (κ3) is 5.81. The van der Waals surface area contributed by atoms with Crippen molar-refractivity contribution in [2.75, 3.05) is 0 Å². The van der Waals surface area contributed by atoms with E-state index >= 15 is 0 Å². The molecule has 0 spiro atoms. The minimum absolute atomic E-state index is 0.0371. The van der Waals surface area contributed by atoms with Gasteiger partial charge in [0.15, 0.2) is 0 Å². The van der Waals surface area contributed by atoms with Gasteiger partial charge in [0.05, 0.1) is 12.2 Å². The van der Waals surface area contributed by atoms with Crippen molar-refractivity contribution < 1.29 is 9.53 Å². The van der Waals surface area contributed by atoms with Gasteiger partial charge in [0.25, 0.3) is 5.91 Å². The molecule has 1 amide bonds. The Hall–Kier alpha value is -2.37. The summed E-state index contributed by atoms with van der Waals surface area (Å²) in [7, 11) is 0. The zero-order valence-electron chi connectivity index (χ0n) is 16.9. The zero-order valence-corrected chi connectivity index (χ0v) is 18.5. The lowest BCUT2D eigenvalue weighted by atomic mass is 10.1. The van der Waals surface area contributed by atoms with Gasteiger partial charge in [-0.15, -0.1) is 11.3 Å². The van der Waals surface area contributed by atoms with Gasteiger partial charge in [-0.1, -0.05) is 36.2 Å². The van der Waals surface area contributed by atoms with Crippen LogP contribution in [0.5, 0.6) is 5.75 Å². The molecule has 0 saturated heterocycles. The van der Waals surface area contributed by atoms with E-state index < -0.39 is 0 Å². The van der Waals surface area contributed by atoms with Crippen LogP contribution in [-0.4, -0.2) is 21.8 Å². The van der Waals surface area contributed by atoms with Crippen molar-refractivity contribution in [3.05, 3.63) is 80.8 Å². The second kappa shape index (κ2) is 9.90. The van der Waals surface area contributed by atoms with E-state index in [0.717, 1.165) is 28.4 Å². The number of aryl methyl sites for hydroxylation is 1. The molecule has 0 aliphatic carbocycles. The number of hydrogen-bond acceptors (Lipinski definition) is 4. The van der Waals surface area contributed by atoms with Crippen LogP contribution in [0.25, 0.3) is 0 Å². The maximum atomic E-state index is 13.1. The number of rotatable bonds is 8. The van der Waals surface area contributed by atoms with Gasteiger partial charge < -0.3 is 9.64 Å². The SMILES string of the molecule is CC[C@@H](C)N(Cc1csc(COc2ccc(Cl)cc2)n1)C(=O)c1cccc(C)c1. The lowest BCUT2D eigenvalue weighted by Gasteiger charge is -2.28. The van der Waals surface area contributed by atoms with Gasteiger partial charge in [-0.2, -0.15) is 0 Å². The fourth-order valence-corrected chi connectivity index (χ4v) is 3.75. The third-order valence-corrected chi connectivity index (χ3v) is 5.88. The molecule has 1 atom stereocenters. The van der Waals surface area contributed by atoms with Gasteiger partial charge in [0.2, 0.25) is 0 Å². The van der Waals surface area contributed by atoms with Crippen LogP contribution in [0, 0.1) is 6.92 Å². The predicted molar refractivity (Wildman–Crippen MR) is 119 cm³/mol. The molecule has 0 N–H and O–H groups in total. The molecule has 6 heteroatoms. The van der Waals surface area contributed by atoms with Gasteiger partial charge >= 0.3 is 0 Å². The van der Waals surface area contributed by atoms with Crippen molar-refractivity contribution in [1.82, 2.24) is 9.88 Å². The summed E-state index contributed by atoms with van der Waals surface area (Å²) in [6, 6.07) is 15.1. The highest BCUT2D eigenvalue weighted by Crippen LogP contribution is 2.20. The Morgan fingerprint density at radius 1 is 1.24 bits per heavy atom. The first-order valence-electron chi connectivity index (χ1n) is 9.65. The number of carbonyl (C=O) groups excluding carboxylic acids is 1. The standard InChI is InChI=1S/C23H25ClN2O2S/c1-4-17(3)26(23(27)18-7-5-6-16(2)12-18)13-20-15-29-22(25-20)14-28-21-10-8-19(24)9-11-21/h5-12,15,17H,4,13-14H2,1-3H3/t17-/m1/s1. The molecule has 0 fully saturated rings. The first-order valence-corrected chi connectivity index (χ1v) is 10.9. The molecule has 1 heterocycles. The van der Waals surface area contributed by atoms with Gasteiger partial charge in [0.1, 0.15) is 17.4 Å². The highest BCUT2D eigenvalue weighted by Gasteiger charge is 2.22. The van der Waals surface area contributed by atoms with Crippen LogP contribution in [0.1, 0.15) is 46.9 Å². The summed E-state index contributed by atoms with van der Waals surface area (Å²) in [5, 5.41) is 3.55. The van der Waals surface area contributed by atoms with Crippen LogP contribution >= 0.6 is 22.9 Å². The Bertz CT molecular complexity index is 956. The average Bonchev–Trinajstić information content (AvgIpc) is 3.18. The van der Waals surface area contributed by atoms with Crippen LogP contribution in [0.2, 0.25) is 5.02 Å². The Balaban J connectivity index is 1.68. The molecule has 0 aliphatic heterocycles. The predicted octanol–water partition coefficient (Wildman–Crippen LogP) is 6.12. The Morgan fingerprint density at radius 2 is 2.00 bits per heavy atom.